The van der Waals surface area contributed by atoms with Crippen LogP contribution < -0.4 is 5.32 Å². The Morgan fingerprint density at radius 2 is 1.83 bits per heavy atom. The molecule has 1 N–H and O–H groups in total. The predicted octanol–water partition coefficient (Wildman–Crippen LogP) is 3.65. The Balaban J connectivity index is 1.49. The van der Waals surface area contributed by atoms with Crippen molar-refractivity contribution in [2.75, 3.05) is 18.4 Å². The average molecular weight is 388 g/mol. The van der Waals surface area contributed by atoms with E-state index in [0.29, 0.717) is 18.3 Å². The number of amides is 1. The highest BCUT2D eigenvalue weighted by Gasteiger charge is 2.26. The lowest BCUT2D eigenvalue weighted by atomic mass is 9.94. The van der Waals surface area contributed by atoms with Gasteiger partial charge >= 0.3 is 0 Å². The average Bonchev–Trinajstić information content (AvgIpc) is 2.73. The highest BCUT2D eigenvalue weighted by Crippen LogP contribution is 2.27. The van der Waals surface area contributed by atoms with Gasteiger partial charge in [-0.3, -0.25) is 9.78 Å². The van der Waals surface area contributed by atoms with E-state index >= 15 is 0 Å². The van der Waals surface area contributed by atoms with Crippen LogP contribution in [-0.2, 0) is 0 Å². The molecule has 0 aliphatic carbocycles. The van der Waals surface area contributed by atoms with Gasteiger partial charge in [-0.25, -0.2) is 15.0 Å². The second-order valence-corrected chi connectivity index (χ2v) is 7.38. The van der Waals surface area contributed by atoms with Gasteiger partial charge in [0.15, 0.2) is 5.82 Å². The normalized spacial score (nSPS) is 16.5. The Bertz CT molecular complexity index is 987. The third kappa shape index (κ3) is 4.56. The molecule has 3 heterocycles. The van der Waals surface area contributed by atoms with E-state index in [1.165, 1.54) is 0 Å². The van der Waals surface area contributed by atoms with E-state index in [2.05, 4.69) is 20.3 Å². The molecule has 148 valence electrons. The fraction of sp³-hybridized carbons (Fsp3) is 0.318. The van der Waals surface area contributed by atoms with Gasteiger partial charge in [-0.1, -0.05) is 18.2 Å². The number of nitrogens with one attached hydrogen (secondary N) is 1. The monoisotopic (exact) mass is 388 g/mol. The van der Waals surface area contributed by atoms with Gasteiger partial charge in [0.05, 0.1) is 11.9 Å². The van der Waals surface area contributed by atoms with Crippen LogP contribution in [0.1, 0.15) is 46.2 Å². The van der Waals surface area contributed by atoms with Crippen LogP contribution in [0.2, 0.25) is 0 Å². The number of hydrogen-bond donors (Lipinski definition) is 1. The van der Waals surface area contributed by atoms with Crippen LogP contribution in [0.25, 0.3) is 0 Å². The maximum Gasteiger partial charge on any atom is 0.253 e. The number of benzene rings is 1. The first-order chi connectivity index (χ1) is 14.1. The Labute approximate surface area is 170 Å². The number of carbonyl (C=O) groups is 1. The molecule has 7 nitrogen and oxygen atoms in total. The number of carbonyl (C=O) groups excluding carboxylic acids is 1. The van der Waals surface area contributed by atoms with Crippen molar-refractivity contribution in [1.29, 1.82) is 0 Å². The number of nitrogens with zero attached hydrogens (tertiary/aromatic N) is 5. The highest BCUT2D eigenvalue weighted by atomic mass is 16.2. The van der Waals surface area contributed by atoms with Gasteiger partial charge in [-0.15, -0.1) is 0 Å². The molecule has 1 atom stereocenters. The molecule has 1 fully saturated rings. The van der Waals surface area contributed by atoms with Crippen LogP contribution in [0, 0.1) is 13.8 Å². The first kappa shape index (κ1) is 19.0. The van der Waals surface area contributed by atoms with Gasteiger partial charge in [0, 0.05) is 42.2 Å². The third-order valence-electron chi connectivity index (χ3n) is 5.02. The Morgan fingerprint density at radius 3 is 2.59 bits per heavy atom. The van der Waals surface area contributed by atoms with Gasteiger partial charge in [0.1, 0.15) is 0 Å². The molecule has 1 aliphatic rings. The summed E-state index contributed by atoms with van der Waals surface area (Å²) in [7, 11) is 0. The van der Waals surface area contributed by atoms with E-state index in [9.17, 15) is 4.79 Å². The molecular weight excluding hydrogens is 364 g/mol. The van der Waals surface area contributed by atoms with Gasteiger partial charge in [0.2, 0.25) is 5.95 Å². The van der Waals surface area contributed by atoms with Gasteiger partial charge in [-0.2, -0.15) is 0 Å². The Morgan fingerprint density at radius 1 is 1.07 bits per heavy atom. The molecule has 1 aliphatic heterocycles. The lowest BCUT2D eigenvalue weighted by molar-refractivity contribution is 0.0706. The fourth-order valence-corrected chi connectivity index (χ4v) is 3.70. The lowest BCUT2D eigenvalue weighted by Gasteiger charge is -2.32. The first-order valence-electron chi connectivity index (χ1n) is 9.84. The first-order valence-corrected chi connectivity index (χ1v) is 9.84. The van der Waals surface area contributed by atoms with E-state index in [0.717, 1.165) is 42.0 Å². The summed E-state index contributed by atoms with van der Waals surface area (Å²) in [5, 5.41) is 3.15. The molecule has 0 saturated carbocycles. The summed E-state index contributed by atoms with van der Waals surface area (Å²) in [5.41, 5.74) is 3.39. The minimum atomic E-state index is 0.0705. The zero-order valence-electron chi connectivity index (χ0n) is 16.7. The van der Waals surface area contributed by atoms with Crippen LogP contribution >= 0.6 is 0 Å². The van der Waals surface area contributed by atoms with Crippen molar-refractivity contribution < 1.29 is 4.79 Å². The number of likely N-dealkylation sites (tertiary alicyclic amines) is 1. The second-order valence-electron chi connectivity index (χ2n) is 7.38. The topological polar surface area (TPSA) is 83.9 Å². The van der Waals surface area contributed by atoms with Crippen molar-refractivity contribution in [3.63, 3.8) is 0 Å². The second kappa shape index (κ2) is 8.34. The van der Waals surface area contributed by atoms with E-state index in [4.69, 9.17) is 4.98 Å². The van der Waals surface area contributed by atoms with Gasteiger partial charge in [0.25, 0.3) is 5.91 Å². The van der Waals surface area contributed by atoms with Crippen molar-refractivity contribution >= 4 is 17.7 Å². The predicted molar refractivity (Wildman–Crippen MR) is 111 cm³/mol. The molecule has 1 aromatic carbocycles. The van der Waals surface area contributed by atoms with E-state index < -0.39 is 0 Å². The van der Waals surface area contributed by atoms with Crippen molar-refractivity contribution in [3.8, 4) is 0 Å². The number of hydrogen-bond acceptors (Lipinski definition) is 6. The molecule has 1 saturated heterocycles. The van der Waals surface area contributed by atoms with E-state index in [-0.39, 0.29) is 11.8 Å². The molecule has 3 aromatic rings. The molecule has 7 heteroatoms. The Kier molecular flexibility index (Phi) is 5.46. The Hall–Kier alpha value is -3.35. The zero-order chi connectivity index (χ0) is 20.2. The molecule has 2 aromatic heterocycles. The summed E-state index contributed by atoms with van der Waals surface area (Å²) < 4.78 is 0. The number of piperidine rings is 1. The van der Waals surface area contributed by atoms with Crippen molar-refractivity contribution in [2.24, 2.45) is 0 Å². The molecule has 29 heavy (non-hydrogen) atoms. The van der Waals surface area contributed by atoms with Crippen LogP contribution in [0.4, 0.5) is 11.8 Å². The van der Waals surface area contributed by atoms with Crippen molar-refractivity contribution in [2.45, 2.75) is 32.6 Å². The quantitative estimate of drug-likeness (QED) is 0.734. The highest BCUT2D eigenvalue weighted by molar-refractivity contribution is 5.94. The molecule has 1 amide bonds. The molecule has 0 unspecified atom stereocenters. The summed E-state index contributed by atoms with van der Waals surface area (Å²) >= 11 is 0. The minimum absolute atomic E-state index is 0.0705. The largest absolute Gasteiger partial charge is 0.338 e. The van der Waals surface area contributed by atoms with Crippen LogP contribution in [0.3, 0.4) is 0 Å². The number of rotatable bonds is 4. The smallest absolute Gasteiger partial charge is 0.253 e. The summed E-state index contributed by atoms with van der Waals surface area (Å²) in [5.74, 6) is 1.35. The molecular formula is C22H24N6O. The van der Waals surface area contributed by atoms with Crippen LogP contribution in [-0.4, -0.2) is 43.8 Å². The third-order valence-corrected chi connectivity index (χ3v) is 5.02. The van der Waals surface area contributed by atoms with Gasteiger partial charge < -0.3 is 10.2 Å². The van der Waals surface area contributed by atoms with Crippen molar-refractivity contribution in [3.05, 3.63) is 71.4 Å². The van der Waals surface area contributed by atoms with Crippen molar-refractivity contribution in [1.82, 2.24) is 24.8 Å². The molecule has 0 spiro atoms. The lowest BCUT2D eigenvalue weighted by Crippen LogP contribution is -2.39. The van der Waals surface area contributed by atoms with Crippen LogP contribution in [0.15, 0.2) is 48.8 Å². The zero-order valence-corrected chi connectivity index (χ0v) is 16.7. The molecule has 0 bridgehead atoms. The summed E-state index contributed by atoms with van der Waals surface area (Å²) in [6.45, 7) is 5.28. The van der Waals surface area contributed by atoms with Gasteiger partial charge in [-0.05, 0) is 44.9 Å². The summed E-state index contributed by atoms with van der Waals surface area (Å²) in [4.78, 5) is 32.6. The number of aryl methyl sites for hydroxylation is 2. The summed E-state index contributed by atoms with van der Waals surface area (Å²) in [6, 6.07) is 11.4. The molecule has 4 rings (SSSR count). The fourth-order valence-electron chi connectivity index (χ4n) is 3.70. The maximum atomic E-state index is 12.8. The maximum absolute atomic E-state index is 12.8. The SMILES string of the molecule is Cc1cc(C)nc(Nc2cncc([C@@H]3CCCN(C(=O)c4ccccc4)C3)n2)n1. The number of aromatic nitrogens is 4. The minimum Gasteiger partial charge on any atom is -0.338 e. The van der Waals surface area contributed by atoms with E-state index in [1.807, 2.05) is 55.1 Å². The van der Waals surface area contributed by atoms with E-state index in [1.54, 1.807) is 12.4 Å². The number of anilines is 2. The summed E-state index contributed by atoms with van der Waals surface area (Å²) in [6.07, 6.45) is 5.38. The molecule has 0 radical (unpaired) electrons. The van der Waals surface area contributed by atoms with Crippen LogP contribution in [0.5, 0.6) is 0 Å². The standard InChI is InChI=1S/C22H24N6O/c1-15-11-16(2)25-22(24-15)27-20-13-23-12-19(26-20)18-9-6-10-28(14-18)21(29)17-7-4-3-5-8-17/h3-5,7-8,11-13,18H,6,9-10,14H2,1-2H3,(H,24,25,26,27)/t18-/m1/s1.